The van der Waals surface area contributed by atoms with Crippen LogP contribution in [0.4, 0.5) is 8.78 Å². The minimum absolute atomic E-state index is 0.0918. The number of halogens is 2. The van der Waals surface area contributed by atoms with Crippen molar-refractivity contribution >= 4 is 11.5 Å². The summed E-state index contributed by atoms with van der Waals surface area (Å²) in [6.07, 6.45) is 5.64. The van der Waals surface area contributed by atoms with Crippen molar-refractivity contribution in [2.45, 2.75) is 85.5 Å². The molecule has 1 aromatic rings. The number of allylic oxidation sites excluding steroid dienone is 5. The Morgan fingerprint density at radius 2 is 1.69 bits per heavy atom. The van der Waals surface area contributed by atoms with Gasteiger partial charge in [0, 0.05) is 17.2 Å². The van der Waals surface area contributed by atoms with Crippen LogP contribution in [0.1, 0.15) is 84.9 Å². The molecule has 0 unspecified atom stereocenters. The van der Waals surface area contributed by atoms with Gasteiger partial charge in [-0.05, 0) is 60.3 Å². The lowest BCUT2D eigenvalue weighted by molar-refractivity contribution is -0.131. The Balaban J connectivity index is 3.75. The predicted molar refractivity (Wildman–Crippen MR) is 129 cm³/mol. The summed E-state index contributed by atoms with van der Waals surface area (Å²) in [6, 6.07) is 4.15. The van der Waals surface area contributed by atoms with E-state index >= 15 is 0 Å². The third-order valence-corrected chi connectivity index (χ3v) is 6.20. The van der Waals surface area contributed by atoms with E-state index in [1.807, 2.05) is 19.1 Å². The maximum atomic E-state index is 13.1. The van der Waals surface area contributed by atoms with E-state index in [9.17, 15) is 13.6 Å². The molecule has 0 amide bonds. The summed E-state index contributed by atoms with van der Waals surface area (Å²) >= 11 is 0. The van der Waals surface area contributed by atoms with Crippen LogP contribution in [-0.4, -0.2) is 24.1 Å². The summed E-state index contributed by atoms with van der Waals surface area (Å²) < 4.78 is 31.9. The van der Waals surface area contributed by atoms with Gasteiger partial charge in [0.15, 0.2) is 0 Å². The molecule has 0 saturated carbocycles. The second-order valence-corrected chi connectivity index (χ2v) is 9.51. The van der Waals surface area contributed by atoms with Gasteiger partial charge in [0.2, 0.25) is 0 Å². The molecule has 0 heterocycles. The van der Waals surface area contributed by atoms with E-state index in [0.717, 1.165) is 41.2 Å². The Labute approximate surface area is 191 Å². The van der Waals surface area contributed by atoms with Gasteiger partial charge in [-0.2, -0.15) is 0 Å². The van der Waals surface area contributed by atoms with Crippen LogP contribution in [0, 0.1) is 0 Å². The van der Waals surface area contributed by atoms with Gasteiger partial charge in [0.25, 0.3) is 6.43 Å². The summed E-state index contributed by atoms with van der Waals surface area (Å²) in [5.41, 5.74) is 3.95. The number of carbonyl (C=O) groups is 1. The van der Waals surface area contributed by atoms with Crippen LogP contribution < -0.4 is 4.74 Å². The number of benzene rings is 1. The van der Waals surface area contributed by atoms with E-state index in [1.54, 1.807) is 19.1 Å². The molecule has 0 aromatic heterocycles. The molecular formula is C27H38F2O3. The second-order valence-electron chi connectivity index (χ2n) is 9.51. The standard InChI is InChI=1S/C27H38F2O3/c1-9-26(5,6)20-15-21(19(4)13-11-12-18(3)14-24(30)31)25(32-17-23(28)29)22(16-20)27(7,8)10-2/h11-16,23H,9-10,17H2,1-8H3,(H,30,31). The van der Waals surface area contributed by atoms with E-state index in [-0.39, 0.29) is 10.8 Å². The fourth-order valence-electron chi connectivity index (χ4n) is 3.19. The summed E-state index contributed by atoms with van der Waals surface area (Å²) in [5.74, 6) is -0.510. The maximum absolute atomic E-state index is 13.1. The highest BCUT2D eigenvalue weighted by Crippen LogP contribution is 2.43. The van der Waals surface area contributed by atoms with Crippen LogP contribution >= 0.6 is 0 Å². The van der Waals surface area contributed by atoms with Crippen LogP contribution in [0.3, 0.4) is 0 Å². The van der Waals surface area contributed by atoms with Gasteiger partial charge in [-0.3, -0.25) is 0 Å². The monoisotopic (exact) mass is 448 g/mol. The summed E-state index contributed by atoms with van der Waals surface area (Å²) in [7, 11) is 0. The molecule has 32 heavy (non-hydrogen) atoms. The van der Waals surface area contributed by atoms with Crippen molar-refractivity contribution in [3.05, 3.63) is 58.7 Å². The zero-order valence-corrected chi connectivity index (χ0v) is 20.7. The van der Waals surface area contributed by atoms with Crippen LogP contribution in [0.15, 0.2) is 42.0 Å². The topological polar surface area (TPSA) is 46.5 Å². The molecule has 0 radical (unpaired) electrons. The van der Waals surface area contributed by atoms with Crippen molar-refractivity contribution in [1.29, 1.82) is 0 Å². The third kappa shape index (κ3) is 7.61. The molecule has 0 spiro atoms. The number of ether oxygens (including phenoxy) is 1. The Morgan fingerprint density at radius 3 is 2.19 bits per heavy atom. The number of rotatable bonds is 11. The SMILES string of the molecule is CCC(C)(C)c1cc(C(C)=CC=CC(C)=CC(=O)O)c(OCC(F)F)c(C(C)(C)CC)c1. The molecule has 5 heteroatoms. The first kappa shape index (κ1) is 27.6. The first-order valence-electron chi connectivity index (χ1n) is 11.1. The Hall–Kier alpha value is -2.43. The predicted octanol–water partition coefficient (Wildman–Crippen LogP) is 7.70. The summed E-state index contributed by atoms with van der Waals surface area (Å²) in [4.78, 5) is 10.8. The van der Waals surface area contributed by atoms with Crippen LogP contribution in [0.5, 0.6) is 5.75 Å². The van der Waals surface area contributed by atoms with E-state index in [0.29, 0.717) is 11.3 Å². The molecule has 0 saturated heterocycles. The molecule has 0 aliphatic carbocycles. The Bertz CT molecular complexity index is 890. The molecule has 0 fully saturated rings. The van der Waals surface area contributed by atoms with E-state index < -0.39 is 19.0 Å². The van der Waals surface area contributed by atoms with Gasteiger partial charge >= 0.3 is 5.97 Å². The van der Waals surface area contributed by atoms with Gasteiger partial charge in [-0.15, -0.1) is 0 Å². The van der Waals surface area contributed by atoms with Gasteiger partial charge in [-0.1, -0.05) is 65.8 Å². The van der Waals surface area contributed by atoms with Gasteiger partial charge in [-0.25, -0.2) is 13.6 Å². The molecule has 178 valence electrons. The molecule has 0 bridgehead atoms. The average Bonchev–Trinajstić information content (AvgIpc) is 2.70. The smallest absolute Gasteiger partial charge is 0.328 e. The second kappa shape index (κ2) is 11.4. The fourth-order valence-corrected chi connectivity index (χ4v) is 3.19. The highest BCUT2D eigenvalue weighted by molar-refractivity contribution is 5.81. The quantitative estimate of drug-likeness (QED) is 0.279. The minimum Gasteiger partial charge on any atom is -0.487 e. The summed E-state index contributed by atoms with van der Waals surface area (Å²) in [5, 5.41) is 8.87. The van der Waals surface area contributed by atoms with Crippen molar-refractivity contribution in [2.24, 2.45) is 0 Å². The Kier molecular flexibility index (Phi) is 9.87. The molecule has 1 N–H and O–H groups in total. The number of hydrogen-bond acceptors (Lipinski definition) is 2. The third-order valence-electron chi connectivity index (χ3n) is 6.20. The minimum atomic E-state index is -2.57. The zero-order valence-electron chi connectivity index (χ0n) is 20.7. The highest BCUT2D eigenvalue weighted by Gasteiger charge is 2.29. The molecule has 0 aliphatic rings. The van der Waals surface area contributed by atoms with Gasteiger partial charge in [0.05, 0.1) is 0 Å². The lowest BCUT2D eigenvalue weighted by atomic mass is 9.74. The molecule has 1 rings (SSSR count). The summed E-state index contributed by atoms with van der Waals surface area (Å²) in [6.45, 7) is 15.7. The van der Waals surface area contributed by atoms with Gasteiger partial charge in [0.1, 0.15) is 12.4 Å². The van der Waals surface area contributed by atoms with E-state index in [2.05, 4.69) is 47.6 Å². The van der Waals surface area contributed by atoms with E-state index in [1.165, 1.54) is 0 Å². The fraction of sp³-hybridized carbons (Fsp3) is 0.519. The largest absolute Gasteiger partial charge is 0.487 e. The number of alkyl halides is 2. The molecular weight excluding hydrogens is 410 g/mol. The first-order chi connectivity index (χ1) is 14.7. The molecule has 0 atom stereocenters. The Morgan fingerprint density at radius 1 is 1.09 bits per heavy atom. The number of carboxylic acid groups (broad SMARTS) is 1. The van der Waals surface area contributed by atoms with Gasteiger partial charge < -0.3 is 9.84 Å². The molecule has 1 aromatic carbocycles. The van der Waals surface area contributed by atoms with Crippen molar-refractivity contribution < 1.29 is 23.4 Å². The molecule has 3 nitrogen and oxygen atoms in total. The lowest BCUT2D eigenvalue weighted by Crippen LogP contribution is -2.23. The average molecular weight is 449 g/mol. The normalized spacial score (nSPS) is 13.8. The molecule has 0 aliphatic heterocycles. The van der Waals surface area contributed by atoms with Crippen molar-refractivity contribution in [3.63, 3.8) is 0 Å². The number of hydrogen-bond donors (Lipinski definition) is 1. The van der Waals surface area contributed by atoms with Crippen LogP contribution in [0.2, 0.25) is 0 Å². The van der Waals surface area contributed by atoms with Crippen molar-refractivity contribution in [1.82, 2.24) is 0 Å². The first-order valence-corrected chi connectivity index (χ1v) is 11.1. The highest BCUT2D eigenvalue weighted by atomic mass is 19.3. The van der Waals surface area contributed by atoms with Crippen molar-refractivity contribution in [3.8, 4) is 5.75 Å². The van der Waals surface area contributed by atoms with Crippen LogP contribution in [-0.2, 0) is 15.6 Å². The van der Waals surface area contributed by atoms with Crippen molar-refractivity contribution in [2.75, 3.05) is 6.61 Å². The number of aliphatic carboxylic acids is 1. The zero-order chi connectivity index (χ0) is 24.7. The lowest BCUT2D eigenvalue weighted by Gasteiger charge is -2.32. The maximum Gasteiger partial charge on any atom is 0.328 e. The number of carboxylic acids is 1. The van der Waals surface area contributed by atoms with Crippen LogP contribution in [0.25, 0.3) is 5.57 Å². The van der Waals surface area contributed by atoms with E-state index in [4.69, 9.17) is 9.84 Å².